The van der Waals surface area contributed by atoms with E-state index in [1.807, 2.05) is 37.6 Å². The fourth-order valence-electron chi connectivity index (χ4n) is 2.82. The molecule has 4 heteroatoms. The second-order valence-corrected chi connectivity index (χ2v) is 6.12. The number of hydrogen-bond acceptors (Lipinski definition) is 4. The second-order valence-electron chi connectivity index (χ2n) is 6.12. The molecule has 0 aliphatic rings. The van der Waals surface area contributed by atoms with Crippen molar-refractivity contribution in [1.82, 2.24) is 15.0 Å². The maximum atomic E-state index is 5.82. The molecule has 3 aromatic heterocycles. The van der Waals surface area contributed by atoms with Crippen LogP contribution in [0.25, 0.3) is 0 Å². The van der Waals surface area contributed by atoms with Gasteiger partial charge in [0.25, 0.3) is 0 Å². The molecule has 0 bridgehead atoms. The molecule has 0 spiro atoms. The third-order valence-corrected chi connectivity index (χ3v) is 3.99. The van der Waals surface area contributed by atoms with Crippen LogP contribution in [-0.2, 0) is 25.7 Å². The average molecular weight is 318 g/mol. The fourth-order valence-corrected chi connectivity index (χ4v) is 2.82. The van der Waals surface area contributed by atoms with Crippen LogP contribution in [0.2, 0.25) is 0 Å². The van der Waals surface area contributed by atoms with Gasteiger partial charge in [-0.2, -0.15) is 0 Å². The molecule has 0 saturated carbocycles. The van der Waals surface area contributed by atoms with E-state index in [0.717, 1.165) is 36.9 Å². The molecule has 3 rings (SSSR count). The monoisotopic (exact) mass is 318 g/mol. The Morgan fingerprint density at radius 3 is 2.25 bits per heavy atom. The number of nitrogens with zero attached hydrogens (tertiary/aromatic N) is 3. The molecule has 0 unspecified atom stereocenters. The fraction of sp³-hybridized carbons (Fsp3) is 0.250. The Kier molecular flexibility index (Phi) is 5.16. The zero-order chi connectivity index (χ0) is 16.8. The molecule has 0 aromatic carbocycles. The molecular weight excluding hydrogens is 296 g/mol. The van der Waals surface area contributed by atoms with Crippen LogP contribution in [0.15, 0.2) is 55.1 Å². The van der Waals surface area contributed by atoms with E-state index in [1.54, 1.807) is 6.20 Å². The summed E-state index contributed by atoms with van der Waals surface area (Å²) in [6.07, 6.45) is 11.4. The largest absolute Gasteiger partial charge is 0.384 e. The first-order valence-corrected chi connectivity index (χ1v) is 8.24. The number of aryl methyl sites for hydroxylation is 5. The molecule has 0 atom stereocenters. The topological polar surface area (TPSA) is 64.7 Å². The zero-order valence-electron chi connectivity index (χ0n) is 13.9. The van der Waals surface area contributed by atoms with Crippen molar-refractivity contribution in [3.8, 4) is 0 Å². The molecule has 0 aliphatic carbocycles. The number of nitrogens with two attached hydrogens (primary N) is 1. The predicted molar refractivity (Wildman–Crippen MR) is 96.7 cm³/mol. The first-order valence-electron chi connectivity index (χ1n) is 8.24. The molecule has 3 aromatic rings. The van der Waals surface area contributed by atoms with Crippen molar-refractivity contribution in [2.24, 2.45) is 0 Å². The smallest absolute Gasteiger partial charge is 0.123 e. The number of anilines is 1. The number of nitrogen functional groups attached to an aromatic ring is 1. The summed E-state index contributed by atoms with van der Waals surface area (Å²) in [6, 6.07) is 10.3. The van der Waals surface area contributed by atoms with Gasteiger partial charge >= 0.3 is 0 Å². The van der Waals surface area contributed by atoms with Crippen LogP contribution >= 0.6 is 0 Å². The van der Waals surface area contributed by atoms with Gasteiger partial charge in [-0.25, -0.2) is 4.98 Å². The highest BCUT2D eigenvalue weighted by Gasteiger charge is 2.02. The van der Waals surface area contributed by atoms with E-state index in [2.05, 4.69) is 33.2 Å². The Bertz CT molecular complexity index is 779. The summed E-state index contributed by atoms with van der Waals surface area (Å²) in [5, 5.41) is 0. The van der Waals surface area contributed by atoms with Gasteiger partial charge in [-0.1, -0.05) is 12.1 Å². The molecule has 122 valence electrons. The lowest BCUT2D eigenvalue weighted by Crippen LogP contribution is -2.00. The number of hydrogen-bond donors (Lipinski definition) is 1. The van der Waals surface area contributed by atoms with Gasteiger partial charge < -0.3 is 5.73 Å². The number of pyridine rings is 3. The van der Waals surface area contributed by atoms with Gasteiger partial charge in [0, 0.05) is 30.5 Å². The van der Waals surface area contributed by atoms with Crippen LogP contribution in [0.4, 0.5) is 5.82 Å². The third-order valence-electron chi connectivity index (χ3n) is 3.99. The van der Waals surface area contributed by atoms with Crippen LogP contribution in [0.5, 0.6) is 0 Å². The van der Waals surface area contributed by atoms with Crippen molar-refractivity contribution in [2.75, 3.05) is 5.73 Å². The molecule has 4 nitrogen and oxygen atoms in total. The van der Waals surface area contributed by atoms with E-state index in [9.17, 15) is 0 Å². The highest BCUT2D eigenvalue weighted by molar-refractivity contribution is 5.34. The van der Waals surface area contributed by atoms with E-state index in [4.69, 9.17) is 5.73 Å². The quantitative estimate of drug-likeness (QED) is 0.757. The Labute approximate surface area is 142 Å². The van der Waals surface area contributed by atoms with Gasteiger partial charge in [-0.15, -0.1) is 0 Å². The van der Waals surface area contributed by atoms with Gasteiger partial charge in [0.05, 0.1) is 0 Å². The summed E-state index contributed by atoms with van der Waals surface area (Å²) in [4.78, 5) is 12.9. The molecule has 0 saturated heterocycles. The van der Waals surface area contributed by atoms with Crippen LogP contribution in [0.3, 0.4) is 0 Å². The van der Waals surface area contributed by atoms with E-state index >= 15 is 0 Å². The summed E-state index contributed by atoms with van der Waals surface area (Å²) >= 11 is 0. The summed E-state index contributed by atoms with van der Waals surface area (Å²) in [7, 11) is 0. The minimum Gasteiger partial charge on any atom is -0.384 e. The molecule has 0 fully saturated rings. The van der Waals surface area contributed by atoms with Crippen LogP contribution in [0.1, 0.15) is 27.9 Å². The zero-order valence-corrected chi connectivity index (χ0v) is 13.9. The molecule has 0 aliphatic heterocycles. The van der Waals surface area contributed by atoms with Gasteiger partial charge in [0.2, 0.25) is 0 Å². The lowest BCUT2D eigenvalue weighted by atomic mass is 10.0. The van der Waals surface area contributed by atoms with Crippen molar-refractivity contribution in [3.05, 3.63) is 83.1 Å². The highest BCUT2D eigenvalue weighted by Crippen LogP contribution is 2.12. The first kappa shape index (κ1) is 16.1. The Morgan fingerprint density at radius 1 is 0.833 bits per heavy atom. The second kappa shape index (κ2) is 7.68. The predicted octanol–water partition coefficient (Wildman–Crippen LogP) is 3.33. The van der Waals surface area contributed by atoms with Crippen LogP contribution in [-0.4, -0.2) is 15.0 Å². The summed E-state index contributed by atoms with van der Waals surface area (Å²) in [6.45, 7) is 2.04. The van der Waals surface area contributed by atoms with Crippen molar-refractivity contribution < 1.29 is 0 Å². The minimum absolute atomic E-state index is 0.591. The van der Waals surface area contributed by atoms with E-state index < -0.39 is 0 Å². The molecule has 24 heavy (non-hydrogen) atoms. The summed E-state index contributed by atoms with van der Waals surface area (Å²) < 4.78 is 0. The highest BCUT2D eigenvalue weighted by atomic mass is 14.8. The van der Waals surface area contributed by atoms with Crippen molar-refractivity contribution >= 4 is 5.82 Å². The van der Waals surface area contributed by atoms with E-state index in [-0.39, 0.29) is 0 Å². The maximum Gasteiger partial charge on any atom is 0.123 e. The van der Waals surface area contributed by atoms with Crippen molar-refractivity contribution in [1.29, 1.82) is 0 Å². The maximum absolute atomic E-state index is 5.82. The van der Waals surface area contributed by atoms with Gasteiger partial charge in [-0.3, -0.25) is 9.97 Å². The van der Waals surface area contributed by atoms with Gasteiger partial charge in [0.15, 0.2) is 0 Å². The lowest BCUT2D eigenvalue weighted by molar-refractivity contribution is 0.889. The summed E-state index contributed by atoms with van der Waals surface area (Å²) in [5.41, 5.74) is 11.8. The van der Waals surface area contributed by atoms with E-state index in [1.165, 1.54) is 16.7 Å². The first-order chi connectivity index (χ1) is 11.7. The minimum atomic E-state index is 0.591. The lowest BCUT2D eigenvalue weighted by Gasteiger charge is -2.06. The van der Waals surface area contributed by atoms with Crippen LogP contribution in [0, 0.1) is 6.92 Å². The summed E-state index contributed by atoms with van der Waals surface area (Å²) in [5.74, 6) is 0.591. The van der Waals surface area contributed by atoms with E-state index in [0.29, 0.717) is 5.82 Å². The molecule has 0 radical (unpaired) electrons. The molecule has 3 heterocycles. The third kappa shape index (κ3) is 4.62. The van der Waals surface area contributed by atoms with Gasteiger partial charge in [0.1, 0.15) is 5.82 Å². The normalized spacial score (nSPS) is 10.7. The van der Waals surface area contributed by atoms with Gasteiger partial charge in [-0.05, 0) is 73.1 Å². The Balaban J connectivity index is 1.60. The van der Waals surface area contributed by atoms with Crippen molar-refractivity contribution in [3.63, 3.8) is 0 Å². The average Bonchev–Trinajstić information content (AvgIpc) is 2.59. The Morgan fingerprint density at radius 2 is 1.54 bits per heavy atom. The number of aromatic nitrogens is 3. The Hall–Kier alpha value is -2.75. The standard InChI is InChI=1S/C20H22N4/c1-15-9-19(24-20(21)10-15)7-6-18-11-17(13-23-14-18)5-4-16-3-2-8-22-12-16/h2-3,8-14H,4-7H2,1H3,(H2,21,24). The number of rotatable bonds is 6. The molecule has 0 amide bonds. The SMILES string of the molecule is Cc1cc(N)nc(CCc2cncc(CCc3cccnc3)c2)c1. The van der Waals surface area contributed by atoms with Crippen LogP contribution < -0.4 is 5.73 Å². The van der Waals surface area contributed by atoms with Crippen molar-refractivity contribution in [2.45, 2.75) is 32.6 Å². The molecular formula is C20H22N4. The molecule has 2 N–H and O–H groups in total.